The van der Waals surface area contributed by atoms with E-state index in [-0.39, 0.29) is 29.5 Å². The van der Waals surface area contributed by atoms with E-state index in [1.54, 1.807) is 13.8 Å². The molecule has 0 atom stereocenters. The maximum absolute atomic E-state index is 12.4. The van der Waals surface area contributed by atoms with Crippen LogP contribution in [0.2, 0.25) is 0 Å². The molecule has 0 bridgehead atoms. The lowest BCUT2D eigenvalue weighted by atomic mass is 10.2. The third-order valence-electron chi connectivity index (χ3n) is 2.65. The smallest absolute Gasteiger partial charge is 0.243 e. The van der Waals surface area contributed by atoms with E-state index in [2.05, 4.69) is 5.32 Å². The van der Waals surface area contributed by atoms with E-state index in [1.807, 2.05) is 6.07 Å². The van der Waals surface area contributed by atoms with E-state index in [0.717, 1.165) is 4.31 Å². The summed E-state index contributed by atoms with van der Waals surface area (Å²) in [6.07, 6.45) is 0. The predicted molar refractivity (Wildman–Crippen MR) is 74.3 cm³/mol. The molecule has 0 heterocycles. The molecule has 0 radical (unpaired) electrons. The molecule has 0 aliphatic rings. The van der Waals surface area contributed by atoms with E-state index in [4.69, 9.17) is 5.26 Å². The van der Waals surface area contributed by atoms with Gasteiger partial charge in [0.25, 0.3) is 0 Å². The number of sulfonamides is 1. The molecular formula is C13H17N3O3S. The summed E-state index contributed by atoms with van der Waals surface area (Å²) >= 11 is 0. The number of amides is 1. The van der Waals surface area contributed by atoms with Crippen molar-refractivity contribution in [1.82, 2.24) is 9.62 Å². The van der Waals surface area contributed by atoms with Gasteiger partial charge in [0, 0.05) is 13.1 Å². The van der Waals surface area contributed by atoms with Crippen LogP contribution in [-0.4, -0.2) is 38.3 Å². The van der Waals surface area contributed by atoms with Gasteiger partial charge in [0.1, 0.15) is 0 Å². The second-order valence-corrected chi connectivity index (χ2v) is 5.96. The number of hydrogen-bond acceptors (Lipinski definition) is 4. The van der Waals surface area contributed by atoms with Gasteiger partial charge in [-0.2, -0.15) is 9.57 Å². The summed E-state index contributed by atoms with van der Waals surface area (Å²) in [6.45, 7) is 3.81. The molecule has 20 heavy (non-hydrogen) atoms. The summed E-state index contributed by atoms with van der Waals surface area (Å²) < 4.78 is 25.9. The Labute approximate surface area is 119 Å². The fourth-order valence-corrected chi connectivity index (χ4v) is 3.11. The molecule has 6 nitrogen and oxygen atoms in total. The van der Waals surface area contributed by atoms with Crippen molar-refractivity contribution in [3.05, 3.63) is 29.8 Å². The second kappa shape index (κ2) is 7.03. The third-order valence-corrected chi connectivity index (χ3v) is 4.56. The van der Waals surface area contributed by atoms with Crippen molar-refractivity contribution in [2.45, 2.75) is 18.7 Å². The zero-order chi connectivity index (χ0) is 15.2. The van der Waals surface area contributed by atoms with Crippen LogP contribution in [0.4, 0.5) is 0 Å². The molecule has 108 valence electrons. The maximum atomic E-state index is 12.4. The van der Waals surface area contributed by atoms with Crippen molar-refractivity contribution in [2.24, 2.45) is 0 Å². The predicted octanol–water partition coefficient (Wildman–Crippen LogP) is 0.705. The first kappa shape index (κ1) is 16.1. The molecule has 0 spiro atoms. The highest BCUT2D eigenvalue weighted by molar-refractivity contribution is 7.89. The zero-order valence-electron chi connectivity index (χ0n) is 11.5. The summed E-state index contributed by atoms with van der Waals surface area (Å²) in [5.74, 6) is -0.352. The van der Waals surface area contributed by atoms with Gasteiger partial charge in [0.2, 0.25) is 15.9 Å². The minimum Gasteiger partial charge on any atom is -0.355 e. The van der Waals surface area contributed by atoms with Crippen LogP contribution < -0.4 is 5.32 Å². The van der Waals surface area contributed by atoms with Crippen LogP contribution in [0.1, 0.15) is 19.4 Å². The molecule has 1 amide bonds. The molecule has 1 aromatic carbocycles. The van der Waals surface area contributed by atoms with Gasteiger partial charge in [0.05, 0.1) is 23.1 Å². The number of nitrogens with zero attached hydrogens (tertiary/aromatic N) is 2. The molecule has 0 aliphatic carbocycles. The first-order chi connectivity index (χ1) is 9.45. The number of likely N-dealkylation sites (N-methyl/N-ethyl adjacent to an activating group) is 2. The molecule has 0 saturated carbocycles. The summed E-state index contributed by atoms with van der Waals surface area (Å²) in [7, 11) is -3.78. The quantitative estimate of drug-likeness (QED) is 0.836. The van der Waals surface area contributed by atoms with E-state index < -0.39 is 10.0 Å². The van der Waals surface area contributed by atoms with Crippen LogP contribution >= 0.6 is 0 Å². The van der Waals surface area contributed by atoms with Gasteiger partial charge in [-0.05, 0) is 25.1 Å². The number of hydrogen-bond donors (Lipinski definition) is 1. The van der Waals surface area contributed by atoms with Crippen LogP contribution in [0.15, 0.2) is 29.2 Å². The molecule has 0 fully saturated rings. The number of nitrogens with one attached hydrogen (secondary N) is 1. The van der Waals surface area contributed by atoms with Gasteiger partial charge < -0.3 is 5.32 Å². The highest BCUT2D eigenvalue weighted by Crippen LogP contribution is 2.16. The Hall–Kier alpha value is -1.91. The Morgan fingerprint density at radius 1 is 1.40 bits per heavy atom. The van der Waals surface area contributed by atoms with Gasteiger partial charge in [-0.3, -0.25) is 4.79 Å². The topological polar surface area (TPSA) is 90.3 Å². The van der Waals surface area contributed by atoms with Crippen molar-refractivity contribution in [1.29, 1.82) is 5.26 Å². The van der Waals surface area contributed by atoms with Crippen LogP contribution in [0, 0.1) is 11.3 Å². The first-order valence-corrected chi connectivity index (χ1v) is 7.66. The standard InChI is InChI=1S/C13H17N3O3S/c1-3-15-13(17)10-16(4-2)20(18,19)12-7-5-6-11(8-12)9-14/h5-8H,3-4,10H2,1-2H3,(H,15,17). The summed E-state index contributed by atoms with van der Waals surface area (Å²) in [4.78, 5) is 11.6. The first-order valence-electron chi connectivity index (χ1n) is 6.22. The molecule has 1 aromatic rings. The SMILES string of the molecule is CCNC(=O)CN(CC)S(=O)(=O)c1cccc(C#N)c1. The molecule has 0 saturated heterocycles. The van der Waals surface area contributed by atoms with Gasteiger partial charge in [-0.1, -0.05) is 13.0 Å². The Morgan fingerprint density at radius 2 is 2.10 bits per heavy atom. The lowest BCUT2D eigenvalue weighted by Crippen LogP contribution is -2.40. The normalized spacial score (nSPS) is 11.1. The highest BCUT2D eigenvalue weighted by Gasteiger charge is 2.25. The molecule has 1 N–H and O–H groups in total. The Morgan fingerprint density at radius 3 is 2.65 bits per heavy atom. The molecule has 1 rings (SSSR count). The summed E-state index contributed by atoms with van der Waals surface area (Å²) in [5, 5.41) is 11.4. The van der Waals surface area contributed by atoms with Gasteiger partial charge in [0.15, 0.2) is 0 Å². The van der Waals surface area contributed by atoms with Crippen molar-refractivity contribution >= 4 is 15.9 Å². The summed E-state index contributed by atoms with van der Waals surface area (Å²) in [5.41, 5.74) is 0.264. The number of carbonyl (C=O) groups excluding carboxylic acids is 1. The second-order valence-electron chi connectivity index (χ2n) is 4.02. The fraction of sp³-hybridized carbons (Fsp3) is 0.385. The average Bonchev–Trinajstić information content (AvgIpc) is 2.45. The van der Waals surface area contributed by atoms with E-state index in [0.29, 0.717) is 6.54 Å². The number of nitriles is 1. The molecule has 0 unspecified atom stereocenters. The van der Waals surface area contributed by atoms with Crippen LogP contribution in [0.3, 0.4) is 0 Å². The Bertz CT molecular complexity index is 620. The fourth-order valence-electron chi connectivity index (χ4n) is 1.66. The van der Waals surface area contributed by atoms with Crippen molar-refractivity contribution in [3.8, 4) is 6.07 Å². The Balaban J connectivity index is 3.06. The summed E-state index contributed by atoms with van der Waals surface area (Å²) in [6, 6.07) is 7.64. The van der Waals surface area contributed by atoms with E-state index >= 15 is 0 Å². The molecule has 0 aliphatic heterocycles. The Kier molecular flexibility index (Phi) is 5.67. The molecule has 0 aromatic heterocycles. The molecular weight excluding hydrogens is 278 g/mol. The van der Waals surface area contributed by atoms with Crippen LogP contribution in [0.25, 0.3) is 0 Å². The lowest BCUT2D eigenvalue weighted by Gasteiger charge is -2.19. The number of rotatable bonds is 6. The van der Waals surface area contributed by atoms with E-state index in [9.17, 15) is 13.2 Å². The van der Waals surface area contributed by atoms with Crippen molar-refractivity contribution in [3.63, 3.8) is 0 Å². The third kappa shape index (κ3) is 3.79. The highest BCUT2D eigenvalue weighted by atomic mass is 32.2. The maximum Gasteiger partial charge on any atom is 0.243 e. The van der Waals surface area contributed by atoms with Crippen molar-refractivity contribution in [2.75, 3.05) is 19.6 Å². The zero-order valence-corrected chi connectivity index (χ0v) is 12.3. The lowest BCUT2D eigenvalue weighted by molar-refractivity contribution is -0.121. The van der Waals surface area contributed by atoms with Crippen LogP contribution in [0.5, 0.6) is 0 Å². The number of carbonyl (C=O) groups is 1. The van der Waals surface area contributed by atoms with E-state index in [1.165, 1.54) is 24.3 Å². The minimum absolute atomic E-state index is 0.0164. The van der Waals surface area contributed by atoms with Crippen LogP contribution in [-0.2, 0) is 14.8 Å². The number of benzene rings is 1. The average molecular weight is 295 g/mol. The largest absolute Gasteiger partial charge is 0.355 e. The van der Waals surface area contributed by atoms with Gasteiger partial charge >= 0.3 is 0 Å². The van der Waals surface area contributed by atoms with Gasteiger partial charge in [-0.25, -0.2) is 8.42 Å². The molecule has 7 heteroatoms. The van der Waals surface area contributed by atoms with Crippen molar-refractivity contribution < 1.29 is 13.2 Å². The van der Waals surface area contributed by atoms with Gasteiger partial charge in [-0.15, -0.1) is 0 Å². The minimum atomic E-state index is -3.78. The monoisotopic (exact) mass is 295 g/mol.